The van der Waals surface area contributed by atoms with Crippen molar-refractivity contribution in [2.75, 3.05) is 31.2 Å². The van der Waals surface area contributed by atoms with Gasteiger partial charge in [0, 0.05) is 12.8 Å². The predicted octanol–water partition coefficient (Wildman–Crippen LogP) is 5.43. The van der Waals surface area contributed by atoms with Crippen molar-refractivity contribution in [1.29, 1.82) is 0 Å². The number of aliphatic carboxylic acids is 1. The van der Waals surface area contributed by atoms with Crippen molar-refractivity contribution in [3.05, 3.63) is 126 Å². The van der Waals surface area contributed by atoms with E-state index >= 15 is 0 Å². The Balaban J connectivity index is 1.28. The van der Waals surface area contributed by atoms with Crippen LogP contribution in [0.5, 0.6) is 11.5 Å². The topological polar surface area (TPSA) is 85.3 Å². The molecule has 40 heavy (non-hydrogen) atoms. The van der Waals surface area contributed by atoms with E-state index in [2.05, 4.69) is 4.90 Å². The van der Waals surface area contributed by atoms with E-state index < -0.39 is 17.5 Å². The number of anilines is 1. The number of carboxylic acids is 1. The van der Waals surface area contributed by atoms with Gasteiger partial charge in [-0.15, -0.1) is 0 Å². The van der Waals surface area contributed by atoms with Crippen LogP contribution in [0.3, 0.4) is 0 Å². The normalized spacial score (nSPS) is 13.8. The second-order valence-corrected chi connectivity index (χ2v) is 9.69. The number of esters is 1. The highest BCUT2D eigenvalue weighted by Crippen LogP contribution is 2.31. The third-order valence-electron chi connectivity index (χ3n) is 6.89. The first-order valence-corrected chi connectivity index (χ1v) is 13.3. The molecule has 0 amide bonds. The summed E-state index contributed by atoms with van der Waals surface area (Å²) in [4.78, 5) is 28.0. The van der Waals surface area contributed by atoms with Crippen molar-refractivity contribution >= 4 is 17.6 Å². The number of nitrogens with zero attached hydrogens (tertiary/aromatic N) is 1. The zero-order chi connectivity index (χ0) is 27.8. The lowest BCUT2D eigenvalue weighted by Gasteiger charge is -2.31. The number of carbonyl (C=O) groups is 2. The molecule has 1 heterocycles. The van der Waals surface area contributed by atoms with Crippen LogP contribution in [0.1, 0.15) is 21.5 Å². The van der Waals surface area contributed by atoms with E-state index in [1.807, 2.05) is 78.9 Å². The van der Waals surface area contributed by atoms with E-state index in [1.54, 1.807) is 30.3 Å². The summed E-state index contributed by atoms with van der Waals surface area (Å²) >= 11 is 0. The van der Waals surface area contributed by atoms with Gasteiger partial charge >= 0.3 is 11.9 Å². The maximum Gasteiger partial charge on any atom is 0.348 e. The van der Waals surface area contributed by atoms with E-state index in [0.717, 1.165) is 23.5 Å². The minimum absolute atomic E-state index is 0.000638. The summed E-state index contributed by atoms with van der Waals surface area (Å²) in [5, 5.41) is 10.4. The molecule has 5 rings (SSSR count). The quantitative estimate of drug-likeness (QED) is 0.255. The first kappa shape index (κ1) is 26.8. The van der Waals surface area contributed by atoms with Gasteiger partial charge in [0.05, 0.1) is 24.3 Å². The van der Waals surface area contributed by atoms with Gasteiger partial charge in [0.1, 0.15) is 24.7 Å². The summed E-state index contributed by atoms with van der Waals surface area (Å²) in [6.07, 6.45) is 0.0294. The molecule has 4 aromatic carbocycles. The number of ether oxygens (including phenoxy) is 3. The van der Waals surface area contributed by atoms with Gasteiger partial charge in [-0.25, -0.2) is 9.59 Å². The maximum absolute atomic E-state index is 13.0. The van der Waals surface area contributed by atoms with E-state index in [4.69, 9.17) is 14.2 Å². The van der Waals surface area contributed by atoms with Gasteiger partial charge in [0.25, 0.3) is 0 Å². The van der Waals surface area contributed by atoms with Crippen LogP contribution in [0.2, 0.25) is 0 Å². The van der Waals surface area contributed by atoms with Crippen LogP contribution in [0.15, 0.2) is 109 Å². The largest absolute Gasteiger partial charge is 0.492 e. The summed E-state index contributed by atoms with van der Waals surface area (Å²) in [6, 6.07) is 32.9. The third-order valence-corrected chi connectivity index (χ3v) is 6.89. The number of hydrogen-bond acceptors (Lipinski definition) is 6. The third kappa shape index (κ3) is 6.43. The minimum Gasteiger partial charge on any atom is -0.492 e. The van der Waals surface area contributed by atoms with E-state index in [1.165, 1.54) is 0 Å². The van der Waals surface area contributed by atoms with Gasteiger partial charge in [-0.3, -0.25) is 0 Å². The second kappa shape index (κ2) is 12.4. The molecule has 0 saturated heterocycles. The fourth-order valence-corrected chi connectivity index (χ4v) is 4.83. The molecule has 1 unspecified atom stereocenters. The zero-order valence-corrected chi connectivity index (χ0v) is 22.1. The Bertz CT molecular complexity index is 1420. The van der Waals surface area contributed by atoms with Gasteiger partial charge < -0.3 is 24.2 Å². The van der Waals surface area contributed by atoms with Crippen molar-refractivity contribution in [2.24, 2.45) is 0 Å². The first-order valence-electron chi connectivity index (χ1n) is 13.3. The highest BCUT2D eigenvalue weighted by molar-refractivity contribution is 5.92. The number of hydrogen-bond donors (Lipinski definition) is 1. The summed E-state index contributed by atoms with van der Waals surface area (Å²) in [5.41, 5.74) is 1.04. The molecule has 1 N–H and O–H groups in total. The molecule has 0 fully saturated rings. The Labute approximate surface area is 233 Å². The molecular formula is C33H31NO6. The average Bonchev–Trinajstić information content (AvgIpc) is 2.99. The van der Waals surface area contributed by atoms with Crippen molar-refractivity contribution in [3.8, 4) is 11.5 Å². The van der Waals surface area contributed by atoms with Crippen LogP contribution in [0.4, 0.5) is 5.69 Å². The molecule has 0 aliphatic carbocycles. The molecule has 1 atom stereocenters. The molecule has 0 saturated carbocycles. The minimum atomic E-state index is -1.79. The summed E-state index contributed by atoms with van der Waals surface area (Å²) in [5.74, 6) is -0.325. The van der Waals surface area contributed by atoms with Crippen LogP contribution in [0, 0.1) is 0 Å². The van der Waals surface area contributed by atoms with Crippen LogP contribution in [-0.2, 0) is 22.4 Å². The lowest BCUT2D eigenvalue weighted by atomic mass is 9.87. The fraction of sp³-hybridized carbons (Fsp3) is 0.212. The molecule has 0 aromatic heterocycles. The van der Waals surface area contributed by atoms with Gasteiger partial charge in [0.15, 0.2) is 0 Å². The van der Waals surface area contributed by atoms with Crippen LogP contribution < -0.4 is 14.4 Å². The summed E-state index contributed by atoms with van der Waals surface area (Å²) < 4.78 is 17.5. The SMILES string of the molecule is O=C(OC(Cc1ccccc1)(Cc1ccc(OCCN2CCOc3ccccc32)cc1)C(=O)O)c1ccccc1. The van der Waals surface area contributed by atoms with Crippen molar-refractivity contribution in [2.45, 2.75) is 18.4 Å². The van der Waals surface area contributed by atoms with Crippen molar-refractivity contribution in [1.82, 2.24) is 0 Å². The molecule has 1 aliphatic rings. The zero-order valence-electron chi connectivity index (χ0n) is 22.1. The summed E-state index contributed by atoms with van der Waals surface area (Å²) in [6.45, 7) is 2.61. The second-order valence-electron chi connectivity index (χ2n) is 9.69. The maximum atomic E-state index is 13.0. The monoisotopic (exact) mass is 537 g/mol. The van der Waals surface area contributed by atoms with E-state index in [9.17, 15) is 14.7 Å². The predicted molar refractivity (Wildman–Crippen MR) is 152 cm³/mol. The lowest BCUT2D eigenvalue weighted by Crippen LogP contribution is -2.47. The number of para-hydroxylation sites is 2. The molecule has 0 radical (unpaired) electrons. The van der Waals surface area contributed by atoms with Crippen LogP contribution in [-0.4, -0.2) is 48.9 Å². The number of benzene rings is 4. The number of carbonyl (C=O) groups excluding carboxylic acids is 1. The van der Waals surface area contributed by atoms with Gasteiger partial charge in [-0.1, -0.05) is 72.8 Å². The Morgan fingerprint density at radius 1 is 0.800 bits per heavy atom. The molecule has 0 bridgehead atoms. The molecule has 204 valence electrons. The van der Waals surface area contributed by atoms with Gasteiger partial charge in [-0.2, -0.15) is 0 Å². The lowest BCUT2D eigenvalue weighted by molar-refractivity contribution is -0.159. The van der Waals surface area contributed by atoms with Crippen molar-refractivity contribution in [3.63, 3.8) is 0 Å². The standard InChI is InChI=1S/C33H31NO6/c35-31(27-11-5-2-6-12-27)40-33(32(36)37,23-25-9-3-1-4-10-25)24-26-15-17-28(18-16-26)38-21-19-34-20-22-39-30-14-8-7-13-29(30)34/h1-18H,19-24H2,(H,36,37). The molecule has 0 spiro atoms. The Kier molecular flexibility index (Phi) is 8.30. The fourth-order valence-electron chi connectivity index (χ4n) is 4.83. The highest BCUT2D eigenvalue weighted by Gasteiger charge is 2.43. The smallest absolute Gasteiger partial charge is 0.348 e. The molecule has 7 heteroatoms. The molecular weight excluding hydrogens is 506 g/mol. The first-order chi connectivity index (χ1) is 19.5. The van der Waals surface area contributed by atoms with Gasteiger partial charge in [0.2, 0.25) is 5.60 Å². The summed E-state index contributed by atoms with van der Waals surface area (Å²) in [7, 11) is 0. The molecule has 1 aliphatic heterocycles. The Morgan fingerprint density at radius 2 is 1.43 bits per heavy atom. The number of carboxylic acid groups (broad SMARTS) is 1. The number of rotatable bonds is 11. The highest BCUT2D eigenvalue weighted by atomic mass is 16.6. The van der Waals surface area contributed by atoms with Crippen LogP contribution in [0.25, 0.3) is 0 Å². The number of fused-ring (bicyclic) bond motifs is 1. The van der Waals surface area contributed by atoms with E-state index in [-0.39, 0.29) is 12.8 Å². The molecule has 7 nitrogen and oxygen atoms in total. The molecule has 4 aromatic rings. The van der Waals surface area contributed by atoms with E-state index in [0.29, 0.717) is 36.6 Å². The van der Waals surface area contributed by atoms with Crippen molar-refractivity contribution < 1.29 is 28.9 Å². The Hall–Kier alpha value is -4.78. The van der Waals surface area contributed by atoms with Gasteiger partial charge in [-0.05, 0) is 47.5 Å². The Morgan fingerprint density at radius 3 is 2.12 bits per heavy atom. The average molecular weight is 538 g/mol. The van der Waals surface area contributed by atoms with Crippen LogP contribution >= 0.6 is 0 Å².